The number of carbonyl (C=O) groups excluding carboxylic acids is 2. The van der Waals surface area contributed by atoms with Gasteiger partial charge in [0.2, 0.25) is 11.8 Å². The van der Waals surface area contributed by atoms with Crippen LogP contribution in [0.1, 0.15) is 23.6 Å². The summed E-state index contributed by atoms with van der Waals surface area (Å²) in [5.74, 6) is -0.0633. The van der Waals surface area contributed by atoms with Crippen molar-refractivity contribution in [1.29, 1.82) is 0 Å². The second-order valence-corrected chi connectivity index (χ2v) is 6.19. The van der Waals surface area contributed by atoms with E-state index >= 15 is 0 Å². The normalized spacial score (nSPS) is 21.9. The first-order chi connectivity index (χ1) is 8.47. The standard InChI is InChI=1S/C13H18N2O2S/c1-8(6-11-5-4-9(2)18-11)15-7-12(16)14-10(3)13(15)17/h4-5,8,10H,6-7H2,1-3H3,(H,14,16). The van der Waals surface area contributed by atoms with E-state index < -0.39 is 6.04 Å². The molecule has 1 fully saturated rings. The van der Waals surface area contributed by atoms with Crippen molar-refractivity contribution in [3.63, 3.8) is 0 Å². The van der Waals surface area contributed by atoms with Gasteiger partial charge in [-0.25, -0.2) is 0 Å². The molecule has 1 aromatic heterocycles. The molecule has 98 valence electrons. The van der Waals surface area contributed by atoms with Gasteiger partial charge in [0, 0.05) is 22.2 Å². The van der Waals surface area contributed by atoms with Gasteiger partial charge in [0.1, 0.15) is 6.04 Å². The Balaban J connectivity index is 2.05. The van der Waals surface area contributed by atoms with Gasteiger partial charge in [-0.3, -0.25) is 9.59 Å². The van der Waals surface area contributed by atoms with Gasteiger partial charge in [-0.2, -0.15) is 0 Å². The molecule has 2 amide bonds. The third-order valence-corrected chi connectivity index (χ3v) is 4.19. The lowest BCUT2D eigenvalue weighted by Crippen LogP contribution is -2.59. The van der Waals surface area contributed by atoms with Crippen LogP contribution in [0.3, 0.4) is 0 Å². The van der Waals surface area contributed by atoms with Crippen LogP contribution < -0.4 is 5.32 Å². The average Bonchev–Trinajstić information content (AvgIpc) is 2.69. The maximum atomic E-state index is 12.0. The Morgan fingerprint density at radius 3 is 2.83 bits per heavy atom. The molecule has 0 radical (unpaired) electrons. The van der Waals surface area contributed by atoms with E-state index in [-0.39, 0.29) is 24.4 Å². The number of nitrogens with zero attached hydrogens (tertiary/aromatic N) is 1. The van der Waals surface area contributed by atoms with Gasteiger partial charge in [0.25, 0.3) is 0 Å². The lowest BCUT2D eigenvalue weighted by atomic mass is 10.1. The van der Waals surface area contributed by atoms with Crippen molar-refractivity contribution >= 4 is 23.2 Å². The van der Waals surface area contributed by atoms with Crippen molar-refractivity contribution < 1.29 is 9.59 Å². The summed E-state index contributed by atoms with van der Waals surface area (Å²) in [6.07, 6.45) is 0.810. The maximum absolute atomic E-state index is 12.0. The van der Waals surface area contributed by atoms with Crippen molar-refractivity contribution in [3.8, 4) is 0 Å². The number of hydrogen-bond donors (Lipinski definition) is 1. The molecule has 2 heterocycles. The Bertz CT molecular complexity index is 469. The van der Waals surface area contributed by atoms with Crippen LogP contribution in [-0.2, 0) is 16.0 Å². The molecule has 0 saturated carbocycles. The predicted octanol–water partition coefficient (Wildman–Crippen LogP) is 1.33. The number of nitrogens with one attached hydrogen (secondary N) is 1. The SMILES string of the molecule is Cc1ccc(CC(C)N2CC(=O)NC(C)C2=O)s1. The van der Waals surface area contributed by atoms with E-state index in [0.717, 1.165) is 6.42 Å². The molecule has 1 aromatic rings. The highest BCUT2D eigenvalue weighted by atomic mass is 32.1. The predicted molar refractivity (Wildman–Crippen MR) is 71.5 cm³/mol. The Kier molecular flexibility index (Phi) is 3.71. The van der Waals surface area contributed by atoms with Gasteiger partial charge in [-0.05, 0) is 32.9 Å². The number of carbonyl (C=O) groups is 2. The van der Waals surface area contributed by atoms with Crippen molar-refractivity contribution in [2.75, 3.05) is 6.54 Å². The Morgan fingerprint density at radius 2 is 2.22 bits per heavy atom. The Morgan fingerprint density at radius 1 is 1.50 bits per heavy atom. The summed E-state index contributed by atoms with van der Waals surface area (Å²) in [4.78, 5) is 27.7. The van der Waals surface area contributed by atoms with E-state index in [1.54, 1.807) is 23.2 Å². The van der Waals surface area contributed by atoms with Crippen LogP contribution in [0.25, 0.3) is 0 Å². The van der Waals surface area contributed by atoms with Gasteiger partial charge in [-0.1, -0.05) is 0 Å². The van der Waals surface area contributed by atoms with Crippen LogP contribution in [0, 0.1) is 6.92 Å². The molecule has 2 rings (SSSR count). The summed E-state index contributed by atoms with van der Waals surface area (Å²) in [5.41, 5.74) is 0. The molecule has 0 bridgehead atoms. The molecule has 1 N–H and O–H groups in total. The Hall–Kier alpha value is -1.36. The molecular formula is C13H18N2O2S. The summed E-state index contributed by atoms with van der Waals surface area (Å²) in [5, 5.41) is 2.65. The van der Waals surface area contributed by atoms with Gasteiger partial charge in [-0.15, -0.1) is 11.3 Å². The molecule has 0 spiro atoms. The van der Waals surface area contributed by atoms with Crippen LogP contribution in [0.4, 0.5) is 0 Å². The first-order valence-corrected chi connectivity index (χ1v) is 6.94. The minimum absolute atomic E-state index is 0.00961. The number of amides is 2. The van der Waals surface area contributed by atoms with Crippen LogP contribution in [0.5, 0.6) is 0 Å². The number of aryl methyl sites for hydroxylation is 1. The second kappa shape index (κ2) is 5.10. The fourth-order valence-electron chi connectivity index (χ4n) is 2.20. The third kappa shape index (κ3) is 2.72. The van der Waals surface area contributed by atoms with Crippen molar-refractivity contribution in [3.05, 3.63) is 21.9 Å². The molecule has 0 aliphatic carbocycles. The molecule has 2 unspecified atom stereocenters. The summed E-state index contributed by atoms with van der Waals surface area (Å²) in [7, 11) is 0. The van der Waals surface area contributed by atoms with E-state index in [1.807, 2.05) is 6.92 Å². The summed E-state index contributed by atoms with van der Waals surface area (Å²) >= 11 is 1.74. The zero-order valence-electron chi connectivity index (χ0n) is 10.9. The summed E-state index contributed by atoms with van der Waals surface area (Å²) in [6, 6.07) is 3.83. The summed E-state index contributed by atoms with van der Waals surface area (Å²) in [6.45, 7) is 5.97. The van der Waals surface area contributed by atoms with Crippen molar-refractivity contribution in [1.82, 2.24) is 10.2 Å². The smallest absolute Gasteiger partial charge is 0.245 e. The monoisotopic (exact) mass is 266 g/mol. The molecule has 18 heavy (non-hydrogen) atoms. The Labute approximate surface area is 111 Å². The molecule has 5 heteroatoms. The third-order valence-electron chi connectivity index (χ3n) is 3.17. The fourth-order valence-corrected chi connectivity index (χ4v) is 3.21. The first-order valence-electron chi connectivity index (χ1n) is 6.12. The largest absolute Gasteiger partial charge is 0.343 e. The van der Waals surface area contributed by atoms with Gasteiger partial charge >= 0.3 is 0 Å². The van der Waals surface area contributed by atoms with Crippen molar-refractivity contribution in [2.45, 2.75) is 39.3 Å². The molecular weight excluding hydrogens is 248 g/mol. The van der Waals surface area contributed by atoms with Gasteiger partial charge < -0.3 is 10.2 Å². The molecule has 0 aromatic carbocycles. The number of piperazine rings is 1. The number of rotatable bonds is 3. The quantitative estimate of drug-likeness (QED) is 0.897. The van der Waals surface area contributed by atoms with Crippen LogP contribution >= 0.6 is 11.3 Å². The highest BCUT2D eigenvalue weighted by molar-refractivity contribution is 7.11. The number of hydrogen-bond acceptors (Lipinski definition) is 3. The lowest BCUT2D eigenvalue weighted by Gasteiger charge is -2.35. The summed E-state index contributed by atoms with van der Waals surface area (Å²) < 4.78 is 0. The lowest BCUT2D eigenvalue weighted by molar-refractivity contribution is -0.145. The molecule has 2 atom stereocenters. The molecule has 1 aliphatic heterocycles. The fraction of sp³-hybridized carbons (Fsp3) is 0.538. The second-order valence-electron chi connectivity index (χ2n) is 4.82. The zero-order chi connectivity index (χ0) is 13.3. The average molecular weight is 266 g/mol. The molecule has 4 nitrogen and oxygen atoms in total. The van der Waals surface area contributed by atoms with E-state index in [1.165, 1.54) is 9.75 Å². The molecule has 1 saturated heterocycles. The molecule has 1 aliphatic rings. The van der Waals surface area contributed by atoms with Crippen LogP contribution in [-0.4, -0.2) is 35.3 Å². The highest BCUT2D eigenvalue weighted by Crippen LogP contribution is 2.19. The van der Waals surface area contributed by atoms with Crippen molar-refractivity contribution in [2.24, 2.45) is 0 Å². The van der Waals surface area contributed by atoms with Crippen LogP contribution in [0.2, 0.25) is 0 Å². The highest BCUT2D eigenvalue weighted by Gasteiger charge is 2.32. The minimum atomic E-state index is -0.404. The van der Waals surface area contributed by atoms with Gasteiger partial charge in [0.05, 0.1) is 6.54 Å². The van der Waals surface area contributed by atoms with E-state index in [2.05, 4.69) is 24.4 Å². The van der Waals surface area contributed by atoms with E-state index in [4.69, 9.17) is 0 Å². The van der Waals surface area contributed by atoms with E-state index in [0.29, 0.717) is 0 Å². The number of thiophene rings is 1. The van der Waals surface area contributed by atoms with Gasteiger partial charge in [0.15, 0.2) is 0 Å². The topological polar surface area (TPSA) is 49.4 Å². The minimum Gasteiger partial charge on any atom is -0.343 e. The maximum Gasteiger partial charge on any atom is 0.245 e. The van der Waals surface area contributed by atoms with Crippen LogP contribution in [0.15, 0.2) is 12.1 Å². The van der Waals surface area contributed by atoms with E-state index in [9.17, 15) is 9.59 Å². The zero-order valence-corrected chi connectivity index (χ0v) is 11.7. The first kappa shape index (κ1) is 13.1.